The number of carbonyl (C=O) groups is 1. The van der Waals surface area contributed by atoms with Gasteiger partial charge in [0.25, 0.3) is 0 Å². The van der Waals surface area contributed by atoms with Gasteiger partial charge >= 0.3 is 0 Å². The third-order valence-corrected chi connectivity index (χ3v) is 2.29. The number of amides is 1. The van der Waals surface area contributed by atoms with E-state index in [2.05, 4.69) is 5.32 Å². The van der Waals surface area contributed by atoms with E-state index in [4.69, 9.17) is 16.9 Å². The van der Waals surface area contributed by atoms with Gasteiger partial charge in [0.2, 0.25) is 5.91 Å². The van der Waals surface area contributed by atoms with Crippen LogP contribution in [-0.4, -0.2) is 5.91 Å². The summed E-state index contributed by atoms with van der Waals surface area (Å²) in [6.45, 7) is 1.38. The van der Waals surface area contributed by atoms with E-state index in [-0.39, 0.29) is 5.91 Å². The van der Waals surface area contributed by atoms with Crippen LogP contribution in [0.5, 0.6) is 0 Å². The summed E-state index contributed by atoms with van der Waals surface area (Å²) >= 11 is 6.82. The third-order valence-electron chi connectivity index (χ3n) is 1.11. The molecule has 1 N–H and O–H groups in total. The minimum atomic E-state index is -0.204. The monoisotopic (exact) mass is 200 g/mol. The zero-order valence-electron chi connectivity index (χ0n) is 6.22. The van der Waals surface area contributed by atoms with Crippen molar-refractivity contribution in [2.24, 2.45) is 0 Å². The maximum absolute atomic E-state index is 10.6. The summed E-state index contributed by atoms with van der Waals surface area (Å²) < 4.78 is 0.496. The summed E-state index contributed by atoms with van der Waals surface area (Å²) in [6, 6.07) is 3.46. The summed E-state index contributed by atoms with van der Waals surface area (Å²) in [4.78, 5) is 10.6. The van der Waals surface area contributed by atoms with Crippen LogP contribution in [0.4, 0.5) is 5.00 Å². The van der Waals surface area contributed by atoms with E-state index in [1.165, 1.54) is 24.3 Å². The molecule has 0 bridgehead atoms. The zero-order chi connectivity index (χ0) is 9.14. The molecule has 0 aromatic carbocycles. The predicted molar refractivity (Wildman–Crippen MR) is 48.3 cm³/mol. The first-order valence-electron chi connectivity index (χ1n) is 3.10. The van der Waals surface area contributed by atoms with Crippen LogP contribution in [0.2, 0.25) is 4.34 Å². The van der Waals surface area contributed by atoms with Crippen molar-refractivity contribution in [1.29, 1.82) is 5.26 Å². The fourth-order valence-corrected chi connectivity index (χ4v) is 1.82. The number of halogens is 1. The summed E-state index contributed by atoms with van der Waals surface area (Å²) in [6.07, 6.45) is 0. The lowest BCUT2D eigenvalue weighted by atomic mass is 10.3. The third kappa shape index (κ3) is 1.97. The Hall–Kier alpha value is -1.05. The maximum atomic E-state index is 10.6. The Morgan fingerprint density at radius 1 is 1.83 bits per heavy atom. The van der Waals surface area contributed by atoms with Crippen molar-refractivity contribution >= 4 is 33.8 Å². The quantitative estimate of drug-likeness (QED) is 0.756. The van der Waals surface area contributed by atoms with Gasteiger partial charge in [-0.3, -0.25) is 4.79 Å². The molecule has 0 saturated carbocycles. The highest BCUT2D eigenvalue weighted by atomic mass is 35.5. The smallest absolute Gasteiger partial charge is 0.221 e. The topological polar surface area (TPSA) is 52.9 Å². The largest absolute Gasteiger partial charge is 0.317 e. The molecule has 0 aliphatic heterocycles. The van der Waals surface area contributed by atoms with Gasteiger partial charge in [0.15, 0.2) is 0 Å². The van der Waals surface area contributed by atoms with Gasteiger partial charge in [-0.25, -0.2) is 0 Å². The van der Waals surface area contributed by atoms with E-state index < -0.39 is 0 Å². The fourth-order valence-electron chi connectivity index (χ4n) is 0.697. The highest BCUT2D eigenvalue weighted by Crippen LogP contribution is 2.30. The molecule has 1 rings (SSSR count). The van der Waals surface area contributed by atoms with Crippen LogP contribution < -0.4 is 5.32 Å². The normalized spacial score (nSPS) is 9.08. The molecule has 62 valence electrons. The molecule has 0 unspecified atom stereocenters. The molecule has 1 heterocycles. The van der Waals surface area contributed by atoms with Crippen molar-refractivity contribution in [1.82, 2.24) is 0 Å². The molecule has 0 fully saturated rings. The zero-order valence-corrected chi connectivity index (χ0v) is 7.79. The molecule has 0 atom stereocenters. The first-order valence-corrected chi connectivity index (χ1v) is 4.30. The Morgan fingerprint density at radius 3 is 3.00 bits per heavy atom. The number of thiophene rings is 1. The molecule has 0 aliphatic carbocycles. The van der Waals surface area contributed by atoms with Gasteiger partial charge in [0.05, 0.1) is 9.90 Å². The number of carbonyl (C=O) groups excluding carboxylic acids is 1. The van der Waals surface area contributed by atoms with Crippen molar-refractivity contribution in [3.8, 4) is 6.07 Å². The SMILES string of the molecule is CC(=O)Nc1sc(Cl)cc1C#N. The second-order valence-electron chi connectivity index (χ2n) is 2.09. The summed E-state index contributed by atoms with van der Waals surface area (Å²) in [5, 5.41) is 11.6. The molecule has 3 nitrogen and oxygen atoms in total. The highest BCUT2D eigenvalue weighted by Gasteiger charge is 2.07. The molecule has 0 radical (unpaired) electrons. The van der Waals surface area contributed by atoms with Crippen molar-refractivity contribution in [3.05, 3.63) is 16.0 Å². The Balaban J connectivity index is 2.99. The minimum absolute atomic E-state index is 0.204. The molecule has 5 heteroatoms. The molecule has 1 amide bonds. The van der Waals surface area contributed by atoms with Gasteiger partial charge in [-0.15, -0.1) is 11.3 Å². The van der Waals surface area contributed by atoms with Crippen molar-refractivity contribution in [2.75, 3.05) is 5.32 Å². The lowest BCUT2D eigenvalue weighted by Gasteiger charge is -1.95. The number of nitriles is 1. The first-order chi connectivity index (χ1) is 5.63. The number of anilines is 1. The molecule has 1 aromatic rings. The second kappa shape index (κ2) is 3.57. The van der Waals surface area contributed by atoms with Gasteiger partial charge in [-0.1, -0.05) is 11.6 Å². The van der Waals surface area contributed by atoms with Gasteiger partial charge in [0, 0.05) is 6.92 Å². The molecule has 0 spiro atoms. The molecular weight excluding hydrogens is 196 g/mol. The predicted octanol–water partition coefficient (Wildman–Crippen LogP) is 2.23. The van der Waals surface area contributed by atoms with E-state index in [1.807, 2.05) is 6.07 Å². The Bertz CT molecular complexity index is 353. The molecule has 12 heavy (non-hydrogen) atoms. The Labute approximate surface area is 78.6 Å². The fraction of sp³-hybridized carbons (Fsp3) is 0.143. The highest BCUT2D eigenvalue weighted by molar-refractivity contribution is 7.20. The Kier molecular flexibility index (Phi) is 2.69. The van der Waals surface area contributed by atoms with Crippen LogP contribution in [0.25, 0.3) is 0 Å². The standard InChI is InChI=1S/C7H5ClN2OS/c1-4(11)10-7-5(3-9)2-6(8)12-7/h2H,1H3,(H,10,11). The first kappa shape index (κ1) is 9.04. The van der Waals surface area contributed by atoms with Gasteiger partial charge < -0.3 is 5.32 Å². The van der Waals surface area contributed by atoms with Crippen molar-refractivity contribution in [3.63, 3.8) is 0 Å². The Morgan fingerprint density at radius 2 is 2.50 bits per heavy atom. The van der Waals surface area contributed by atoms with Crippen LogP contribution in [0.3, 0.4) is 0 Å². The second-order valence-corrected chi connectivity index (χ2v) is 3.77. The lowest BCUT2D eigenvalue weighted by Crippen LogP contribution is -2.04. The number of hydrogen-bond donors (Lipinski definition) is 1. The molecular formula is C7H5ClN2OS. The van der Waals surface area contributed by atoms with E-state index in [9.17, 15) is 4.79 Å². The van der Waals surface area contributed by atoms with E-state index in [0.29, 0.717) is 14.9 Å². The van der Waals surface area contributed by atoms with Crippen LogP contribution in [0.1, 0.15) is 12.5 Å². The van der Waals surface area contributed by atoms with Crippen LogP contribution >= 0.6 is 22.9 Å². The minimum Gasteiger partial charge on any atom is -0.317 e. The van der Waals surface area contributed by atoms with Gasteiger partial charge in [-0.05, 0) is 6.07 Å². The van der Waals surface area contributed by atoms with Crippen molar-refractivity contribution in [2.45, 2.75) is 6.92 Å². The number of nitrogens with zero attached hydrogens (tertiary/aromatic N) is 1. The van der Waals surface area contributed by atoms with Crippen LogP contribution in [-0.2, 0) is 4.79 Å². The average Bonchev–Trinajstić information content (AvgIpc) is 2.29. The average molecular weight is 201 g/mol. The molecule has 1 aromatic heterocycles. The van der Waals surface area contributed by atoms with E-state index in [0.717, 1.165) is 0 Å². The lowest BCUT2D eigenvalue weighted by molar-refractivity contribution is -0.114. The van der Waals surface area contributed by atoms with Crippen LogP contribution in [0, 0.1) is 11.3 Å². The summed E-state index contributed by atoms with van der Waals surface area (Å²) in [7, 11) is 0. The summed E-state index contributed by atoms with van der Waals surface area (Å²) in [5.41, 5.74) is 0.403. The number of rotatable bonds is 1. The molecule has 0 aliphatic rings. The molecule has 0 saturated heterocycles. The number of hydrogen-bond acceptors (Lipinski definition) is 3. The maximum Gasteiger partial charge on any atom is 0.221 e. The number of nitrogens with one attached hydrogen (secondary N) is 1. The van der Waals surface area contributed by atoms with Crippen molar-refractivity contribution < 1.29 is 4.79 Å². The van der Waals surface area contributed by atoms with Gasteiger partial charge in [0.1, 0.15) is 11.1 Å². The summed E-state index contributed by atoms with van der Waals surface area (Å²) in [5.74, 6) is -0.204. The van der Waals surface area contributed by atoms with Gasteiger partial charge in [-0.2, -0.15) is 5.26 Å². The van der Waals surface area contributed by atoms with E-state index >= 15 is 0 Å². The van der Waals surface area contributed by atoms with E-state index in [1.54, 1.807) is 0 Å². The van der Waals surface area contributed by atoms with Crippen LogP contribution in [0.15, 0.2) is 6.07 Å².